The van der Waals surface area contributed by atoms with Crippen molar-refractivity contribution in [2.45, 2.75) is 6.92 Å². The molecule has 22 heavy (non-hydrogen) atoms. The maximum absolute atomic E-state index is 11.7. The third kappa shape index (κ3) is 5.06. The highest BCUT2D eigenvalue weighted by Crippen LogP contribution is 2.19. The summed E-state index contributed by atoms with van der Waals surface area (Å²) in [5.74, 6) is -0.247. The molecule has 2 rings (SSSR count). The number of hydrogen-bond donors (Lipinski definition) is 2. The maximum Gasteiger partial charge on any atom is 0.259 e. The first-order valence-corrected chi connectivity index (χ1v) is 7.38. The van der Waals surface area contributed by atoms with Gasteiger partial charge in [0.15, 0.2) is 0 Å². The molecular weight excluding hydrogens is 321 g/mol. The Morgan fingerprint density at radius 2 is 2.05 bits per heavy atom. The van der Waals surface area contributed by atoms with Crippen molar-refractivity contribution in [3.8, 4) is 0 Å². The number of anilines is 1. The van der Waals surface area contributed by atoms with Crippen molar-refractivity contribution >= 4 is 41.0 Å². The number of hydrogen-bond acceptors (Lipinski definition) is 3. The van der Waals surface area contributed by atoms with E-state index in [4.69, 9.17) is 23.2 Å². The van der Waals surface area contributed by atoms with Gasteiger partial charge in [-0.05, 0) is 36.8 Å². The van der Waals surface area contributed by atoms with Gasteiger partial charge in [0, 0.05) is 16.3 Å². The Balaban J connectivity index is 1.83. The first-order chi connectivity index (χ1) is 10.5. The number of carbonyl (C=O) groups is 1. The minimum absolute atomic E-state index is 0.134. The fraction of sp³-hybridized carbons (Fsp3) is 0.125. The number of hydrazone groups is 1. The second-order valence-electron chi connectivity index (χ2n) is 4.68. The summed E-state index contributed by atoms with van der Waals surface area (Å²) in [6, 6.07) is 12.8. The summed E-state index contributed by atoms with van der Waals surface area (Å²) in [5.41, 5.74) is 5.13. The van der Waals surface area contributed by atoms with E-state index >= 15 is 0 Å². The van der Waals surface area contributed by atoms with Gasteiger partial charge in [-0.2, -0.15) is 5.10 Å². The Labute approximate surface area is 139 Å². The van der Waals surface area contributed by atoms with E-state index in [0.29, 0.717) is 15.6 Å². The van der Waals surface area contributed by atoms with E-state index in [1.807, 2.05) is 31.2 Å². The molecule has 0 heterocycles. The maximum atomic E-state index is 11.7. The van der Waals surface area contributed by atoms with Crippen LogP contribution in [0, 0.1) is 6.92 Å². The van der Waals surface area contributed by atoms with Crippen LogP contribution in [0.3, 0.4) is 0 Å². The highest BCUT2D eigenvalue weighted by atomic mass is 35.5. The van der Waals surface area contributed by atoms with Gasteiger partial charge in [0.25, 0.3) is 5.91 Å². The van der Waals surface area contributed by atoms with Gasteiger partial charge < -0.3 is 5.32 Å². The molecule has 0 aliphatic rings. The lowest BCUT2D eigenvalue weighted by Crippen LogP contribution is -2.25. The number of halogens is 2. The van der Waals surface area contributed by atoms with Crippen LogP contribution in [0.25, 0.3) is 0 Å². The molecule has 0 fully saturated rings. The minimum Gasteiger partial charge on any atom is -0.376 e. The van der Waals surface area contributed by atoms with E-state index < -0.39 is 0 Å². The van der Waals surface area contributed by atoms with Gasteiger partial charge in [-0.25, -0.2) is 5.43 Å². The lowest BCUT2D eigenvalue weighted by atomic mass is 10.2. The molecule has 4 nitrogen and oxygen atoms in total. The zero-order chi connectivity index (χ0) is 15.9. The summed E-state index contributed by atoms with van der Waals surface area (Å²) in [6.07, 6.45) is 1.48. The molecule has 0 aliphatic heterocycles. The van der Waals surface area contributed by atoms with Crippen molar-refractivity contribution in [2.75, 3.05) is 11.9 Å². The summed E-state index contributed by atoms with van der Waals surface area (Å²) in [6.45, 7) is 2.13. The van der Waals surface area contributed by atoms with E-state index in [1.165, 1.54) is 6.21 Å². The molecule has 0 radical (unpaired) electrons. The van der Waals surface area contributed by atoms with E-state index in [-0.39, 0.29) is 12.5 Å². The Morgan fingerprint density at radius 1 is 1.23 bits per heavy atom. The Bertz CT molecular complexity index is 702. The summed E-state index contributed by atoms with van der Waals surface area (Å²) < 4.78 is 0. The molecule has 0 bridgehead atoms. The molecule has 2 aromatic rings. The number of carbonyl (C=O) groups excluding carboxylic acids is 1. The van der Waals surface area contributed by atoms with Gasteiger partial charge in [0.05, 0.1) is 17.8 Å². The van der Waals surface area contributed by atoms with Crippen LogP contribution in [0.1, 0.15) is 11.1 Å². The number of nitrogens with one attached hydrogen (secondary N) is 2. The second kappa shape index (κ2) is 7.82. The molecule has 2 N–H and O–H groups in total. The van der Waals surface area contributed by atoms with Crippen molar-refractivity contribution in [1.82, 2.24) is 5.43 Å². The van der Waals surface area contributed by atoms with Crippen LogP contribution in [0.4, 0.5) is 5.69 Å². The van der Waals surface area contributed by atoms with Crippen molar-refractivity contribution in [1.29, 1.82) is 0 Å². The number of aryl methyl sites for hydroxylation is 1. The molecule has 114 valence electrons. The molecule has 0 spiro atoms. The normalized spacial score (nSPS) is 10.7. The molecule has 0 aliphatic carbocycles. The van der Waals surface area contributed by atoms with Gasteiger partial charge in [0.1, 0.15) is 0 Å². The molecule has 0 saturated carbocycles. The van der Waals surface area contributed by atoms with E-state index in [1.54, 1.807) is 18.2 Å². The number of benzene rings is 2. The average Bonchev–Trinajstić information content (AvgIpc) is 2.47. The van der Waals surface area contributed by atoms with Crippen molar-refractivity contribution in [3.05, 3.63) is 63.6 Å². The lowest BCUT2D eigenvalue weighted by molar-refractivity contribution is -0.119. The fourth-order valence-electron chi connectivity index (χ4n) is 1.76. The minimum atomic E-state index is -0.247. The zero-order valence-electron chi connectivity index (χ0n) is 11.9. The van der Waals surface area contributed by atoms with Crippen LogP contribution in [0.2, 0.25) is 10.0 Å². The highest BCUT2D eigenvalue weighted by molar-refractivity contribution is 6.36. The second-order valence-corrected chi connectivity index (χ2v) is 5.53. The summed E-state index contributed by atoms with van der Waals surface area (Å²) in [5, 5.41) is 7.92. The predicted octanol–water partition coefficient (Wildman–Crippen LogP) is 3.86. The van der Waals surface area contributed by atoms with E-state index in [9.17, 15) is 4.79 Å². The smallest absolute Gasteiger partial charge is 0.259 e. The molecule has 0 aromatic heterocycles. The van der Waals surface area contributed by atoms with Gasteiger partial charge in [-0.1, -0.05) is 41.4 Å². The summed E-state index contributed by atoms with van der Waals surface area (Å²) >= 11 is 11.8. The van der Waals surface area contributed by atoms with Crippen molar-refractivity contribution in [2.24, 2.45) is 5.10 Å². The Kier molecular flexibility index (Phi) is 5.81. The molecule has 1 amide bonds. The summed E-state index contributed by atoms with van der Waals surface area (Å²) in [4.78, 5) is 11.7. The van der Waals surface area contributed by atoms with Crippen LogP contribution in [0.5, 0.6) is 0 Å². The largest absolute Gasteiger partial charge is 0.376 e. The quantitative estimate of drug-likeness (QED) is 0.643. The molecule has 2 aromatic carbocycles. The molecule has 0 saturated heterocycles. The van der Waals surface area contributed by atoms with Gasteiger partial charge in [0.2, 0.25) is 0 Å². The van der Waals surface area contributed by atoms with Crippen LogP contribution < -0.4 is 10.7 Å². The third-order valence-electron chi connectivity index (χ3n) is 2.83. The van der Waals surface area contributed by atoms with Crippen LogP contribution in [0.15, 0.2) is 47.6 Å². The van der Waals surface area contributed by atoms with Gasteiger partial charge in [-0.3, -0.25) is 4.79 Å². The first-order valence-electron chi connectivity index (χ1n) is 6.62. The number of nitrogens with zero attached hydrogens (tertiary/aromatic N) is 1. The van der Waals surface area contributed by atoms with E-state index in [2.05, 4.69) is 15.8 Å². The van der Waals surface area contributed by atoms with Crippen molar-refractivity contribution in [3.63, 3.8) is 0 Å². The van der Waals surface area contributed by atoms with Crippen LogP contribution in [-0.2, 0) is 4.79 Å². The van der Waals surface area contributed by atoms with Crippen molar-refractivity contribution < 1.29 is 4.79 Å². The van der Waals surface area contributed by atoms with Gasteiger partial charge in [-0.15, -0.1) is 0 Å². The van der Waals surface area contributed by atoms with Crippen LogP contribution >= 0.6 is 23.2 Å². The highest BCUT2D eigenvalue weighted by Gasteiger charge is 2.01. The van der Waals surface area contributed by atoms with Crippen LogP contribution in [-0.4, -0.2) is 18.7 Å². The fourth-order valence-corrected chi connectivity index (χ4v) is 2.21. The number of amides is 1. The molecular formula is C16H15Cl2N3O. The Hall–Kier alpha value is -2.04. The average molecular weight is 336 g/mol. The third-order valence-corrected chi connectivity index (χ3v) is 3.39. The standard InChI is InChI=1S/C16H15Cl2N3O/c1-11-3-2-4-14(7-11)19-10-16(22)21-20-9-12-5-6-13(17)8-15(12)18/h2-9,19H,10H2,1H3,(H,21,22)/b20-9-. The molecule has 0 atom stereocenters. The summed E-state index contributed by atoms with van der Waals surface area (Å²) in [7, 11) is 0. The zero-order valence-corrected chi connectivity index (χ0v) is 13.4. The Morgan fingerprint density at radius 3 is 2.77 bits per heavy atom. The van der Waals surface area contributed by atoms with E-state index in [0.717, 1.165) is 11.3 Å². The van der Waals surface area contributed by atoms with Gasteiger partial charge >= 0.3 is 0 Å². The lowest BCUT2D eigenvalue weighted by Gasteiger charge is -2.05. The monoisotopic (exact) mass is 335 g/mol. The molecule has 6 heteroatoms. The first kappa shape index (κ1) is 16.3. The number of rotatable bonds is 5. The predicted molar refractivity (Wildman–Crippen MR) is 91.9 cm³/mol. The topological polar surface area (TPSA) is 53.5 Å². The SMILES string of the molecule is Cc1cccc(NCC(=O)N/N=C\c2ccc(Cl)cc2Cl)c1. The molecule has 0 unspecified atom stereocenters.